The molecular formula is C9H11ClF3NO. The normalized spacial score (nSPS) is 13.1. The third-order valence-corrected chi connectivity index (χ3v) is 1.87. The highest BCUT2D eigenvalue weighted by atomic mass is 35.5. The van der Waals surface area contributed by atoms with E-state index < -0.39 is 18.0 Å². The van der Waals surface area contributed by atoms with E-state index in [0.29, 0.717) is 5.56 Å². The predicted octanol–water partition coefficient (Wildman–Crippen LogP) is 2.68. The van der Waals surface area contributed by atoms with E-state index in [2.05, 4.69) is 0 Å². The van der Waals surface area contributed by atoms with E-state index in [9.17, 15) is 18.3 Å². The maximum Gasteiger partial charge on any atom is 0.407 e. The Bertz CT molecular complexity index is 341. The average molecular weight is 242 g/mol. The van der Waals surface area contributed by atoms with E-state index in [4.69, 9.17) is 5.73 Å². The summed E-state index contributed by atoms with van der Waals surface area (Å²) in [5.41, 5.74) is 5.29. The van der Waals surface area contributed by atoms with E-state index >= 15 is 0 Å². The average Bonchev–Trinajstić information content (AvgIpc) is 2.06. The van der Waals surface area contributed by atoms with Crippen molar-refractivity contribution >= 4 is 12.4 Å². The number of aryl methyl sites for hydroxylation is 1. The molecule has 0 bridgehead atoms. The van der Waals surface area contributed by atoms with Gasteiger partial charge in [0, 0.05) is 5.56 Å². The molecule has 0 aliphatic rings. The van der Waals surface area contributed by atoms with Crippen molar-refractivity contribution in [3.05, 3.63) is 29.3 Å². The van der Waals surface area contributed by atoms with Crippen molar-refractivity contribution < 1.29 is 18.3 Å². The standard InChI is InChI=1S/C9H10F3NO.ClH/c1-5-2-3-7(14)6(4-5)8(13)9(10,11)12;/h2-4,8,14H,13H2,1H3;1H/t8-;/m1./s1. The molecule has 86 valence electrons. The van der Waals surface area contributed by atoms with Crippen LogP contribution in [0.1, 0.15) is 17.2 Å². The Kier molecular flexibility index (Phi) is 4.42. The first kappa shape index (κ1) is 14.1. The van der Waals surface area contributed by atoms with Crippen LogP contribution in [0, 0.1) is 6.92 Å². The molecule has 0 spiro atoms. The van der Waals surface area contributed by atoms with Gasteiger partial charge in [-0.25, -0.2) is 0 Å². The minimum Gasteiger partial charge on any atom is -0.508 e. The van der Waals surface area contributed by atoms with E-state index in [1.165, 1.54) is 18.2 Å². The largest absolute Gasteiger partial charge is 0.508 e. The maximum atomic E-state index is 12.2. The fraction of sp³-hybridized carbons (Fsp3) is 0.333. The van der Waals surface area contributed by atoms with Gasteiger partial charge in [-0.15, -0.1) is 12.4 Å². The molecule has 1 aromatic carbocycles. The Morgan fingerprint density at radius 2 is 1.87 bits per heavy atom. The van der Waals surface area contributed by atoms with Gasteiger partial charge in [-0.1, -0.05) is 17.7 Å². The van der Waals surface area contributed by atoms with E-state index in [0.717, 1.165) is 0 Å². The summed E-state index contributed by atoms with van der Waals surface area (Å²) < 4.78 is 36.6. The highest BCUT2D eigenvalue weighted by Crippen LogP contribution is 2.35. The van der Waals surface area contributed by atoms with Crippen LogP contribution in [0.5, 0.6) is 5.75 Å². The first-order valence-electron chi connectivity index (χ1n) is 3.94. The Morgan fingerprint density at radius 3 is 2.33 bits per heavy atom. The molecule has 0 radical (unpaired) electrons. The van der Waals surface area contributed by atoms with Gasteiger partial charge in [0.2, 0.25) is 0 Å². The van der Waals surface area contributed by atoms with Crippen molar-refractivity contribution in [1.82, 2.24) is 0 Å². The number of phenols is 1. The summed E-state index contributed by atoms with van der Waals surface area (Å²) in [4.78, 5) is 0. The Morgan fingerprint density at radius 1 is 1.33 bits per heavy atom. The SMILES string of the molecule is Cc1ccc(O)c([C@@H](N)C(F)(F)F)c1.Cl. The van der Waals surface area contributed by atoms with Crippen LogP contribution in [0.25, 0.3) is 0 Å². The lowest BCUT2D eigenvalue weighted by molar-refractivity contribution is -0.149. The maximum absolute atomic E-state index is 12.2. The summed E-state index contributed by atoms with van der Waals surface area (Å²) in [6.07, 6.45) is -4.54. The highest BCUT2D eigenvalue weighted by Gasteiger charge is 2.39. The van der Waals surface area contributed by atoms with E-state index in [1.807, 2.05) is 0 Å². The topological polar surface area (TPSA) is 46.2 Å². The molecule has 0 amide bonds. The number of hydrogen-bond donors (Lipinski definition) is 2. The summed E-state index contributed by atoms with van der Waals surface area (Å²) >= 11 is 0. The van der Waals surface area contributed by atoms with Crippen LogP contribution in [0.15, 0.2) is 18.2 Å². The molecule has 2 nitrogen and oxygen atoms in total. The number of alkyl halides is 3. The molecule has 6 heteroatoms. The molecule has 0 saturated heterocycles. The van der Waals surface area contributed by atoms with Gasteiger partial charge < -0.3 is 10.8 Å². The third-order valence-electron chi connectivity index (χ3n) is 1.87. The van der Waals surface area contributed by atoms with Crippen molar-refractivity contribution in [1.29, 1.82) is 0 Å². The zero-order chi connectivity index (χ0) is 10.9. The molecule has 3 N–H and O–H groups in total. The summed E-state index contributed by atoms with van der Waals surface area (Å²) in [5, 5.41) is 9.19. The second-order valence-electron chi connectivity index (χ2n) is 3.08. The molecule has 1 aromatic rings. The molecular weight excluding hydrogens is 231 g/mol. The molecule has 0 aromatic heterocycles. The second kappa shape index (κ2) is 4.72. The Hall–Kier alpha value is -0.940. The van der Waals surface area contributed by atoms with Crippen LogP contribution < -0.4 is 5.73 Å². The van der Waals surface area contributed by atoms with Gasteiger partial charge in [0.25, 0.3) is 0 Å². The molecule has 0 fully saturated rings. The van der Waals surface area contributed by atoms with Crippen molar-refractivity contribution in [2.45, 2.75) is 19.1 Å². The second-order valence-corrected chi connectivity index (χ2v) is 3.08. The molecule has 0 saturated carbocycles. The van der Waals surface area contributed by atoms with Crippen LogP contribution in [0.2, 0.25) is 0 Å². The van der Waals surface area contributed by atoms with Gasteiger partial charge >= 0.3 is 6.18 Å². The molecule has 1 rings (SSSR count). The molecule has 0 aliphatic heterocycles. The minimum atomic E-state index is -4.54. The fourth-order valence-electron chi connectivity index (χ4n) is 1.10. The fourth-order valence-corrected chi connectivity index (χ4v) is 1.10. The first-order valence-corrected chi connectivity index (χ1v) is 3.94. The number of nitrogens with two attached hydrogens (primary N) is 1. The summed E-state index contributed by atoms with van der Waals surface area (Å²) in [6.45, 7) is 1.63. The lowest BCUT2D eigenvalue weighted by Gasteiger charge is -2.17. The Balaban J connectivity index is 0.00000196. The number of benzene rings is 1. The van der Waals surface area contributed by atoms with Crippen LogP contribution in [-0.4, -0.2) is 11.3 Å². The summed E-state index contributed by atoms with van der Waals surface area (Å²) in [7, 11) is 0. The third kappa shape index (κ3) is 3.28. The van der Waals surface area contributed by atoms with Gasteiger partial charge in [0.15, 0.2) is 0 Å². The van der Waals surface area contributed by atoms with Crippen LogP contribution in [0.4, 0.5) is 13.2 Å². The lowest BCUT2D eigenvalue weighted by Crippen LogP contribution is -2.28. The van der Waals surface area contributed by atoms with Crippen molar-refractivity contribution in [3.8, 4) is 5.75 Å². The zero-order valence-electron chi connectivity index (χ0n) is 7.88. The van der Waals surface area contributed by atoms with Crippen molar-refractivity contribution in [2.24, 2.45) is 5.73 Å². The molecule has 0 unspecified atom stereocenters. The quantitative estimate of drug-likeness (QED) is 0.794. The van der Waals surface area contributed by atoms with Gasteiger partial charge in [-0.05, 0) is 13.0 Å². The van der Waals surface area contributed by atoms with Gasteiger partial charge in [-0.3, -0.25) is 0 Å². The van der Waals surface area contributed by atoms with Crippen molar-refractivity contribution in [2.75, 3.05) is 0 Å². The molecule has 1 atom stereocenters. The number of aromatic hydroxyl groups is 1. The summed E-state index contributed by atoms with van der Waals surface area (Å²) in [6, 6.07) is 1.81. The monoisotopic (exact) mass is 241 g/mol. The minimum absolute atomic E-state index is 0. The van der Waals surface area contributed by atoms with Crippen LogP contribution in [-0.2, 0) is 0 Å². The molecule has 0 aliphatic carbocycles. The van der Waals surface area contributed by atoms with Gasteiger partial charge in [0.1, 0.15) is 11.8 Å². The number of rotatable bonds is 1. The van der Waals surface area contributed by atoms with Crippen LogP contribution >= 0.6 is 12.4 Å². The molecule has 15 heavy (non-hydrogen) atoms. The van der Waals surface area contributed by atoms with Crippen LogP contribution in [0.3, 0.4) is 0 Å². The van der Waals surface area contributed by atoms with E-state index in [1.54, 1.807) is 6.92 Å². The lowest BCUT2D eigenvalue weighted by atomic mass is 10.0. The predicted molar refractivity (Wildman–Crippen MR) is 53.1 cm³/mol. The number of halogens is 4. The molecule has 0 heterocycles. The summed E-state index contributed by atoms with van der Waals surface area (Å²) in [5.74, 6) is -0.430. The zero-order valence-corrected chi connectivity index (χ0v) is 8.69. The Labute approximate surface area is 91.3 Å². The smallest absolute Gasteiger partial charge is 0.407 e. The van der Waals surface area contributed by atoms with Crippen molar-refractivity contribution in [3.63, 3.8) is 0 Å². The van der Waals surface area contributed by atoms with Gasteiger partial charge in [-0.2, -0.15) is 13.2 Å². The number of hydrogen-bond acceptors (Lipinski definition) is 2. The van der Waals surface area contributed by atoms with Gasteiger partial charge in [0.05, 0.1) is 0 Å². The first-order chi connectivity index (χ1) is 6.32. The highest BCUT2D eigenvalue weighted by molar-refractivity contribution is 5.85. The number of phenolic OH excluding ortho intramolecular Hbond substituents is 1. The van der Waals surface area contributed by atoms with E-state index in [-0.39, 0.29) is 18.0 Å².